The summed E-state index contributed by atoms with van der Waals surface area (Å²) in [7, 11) is -2.88. The summed E-state index contributed by atoms with van der Waals surface area (Å²) in [4.78, 5) is 11.7. The lowest BCUT2D eigenvalue weighted by Gasteiger charge is -2.08. The van der Waals surface area contributed by atoms with Crippen LogP contribution in [0.4, 0.5) is 5.69 Å². The molecule has 1 atom stereocenters. The maximum atomic E-state index is 11.7. The minimum absolute atomic E-state index is 0.0371. The van der Waals surface area contributed by atoms with Gasteiger partial charge in [0.25, 0.3) is 0 Å². The van der Waals surface area contributed by atoms with E-state index in [1.54, 1.807) is 24.3 Å². The van der Waals surface area contributed by atoms with Crippen LogP contribution in [0.5, 0.6) is 0 Å². The predicted molar refractivity (Wildman–Crippen MR) is 79.6 cm³/mol. The smallest absolute Gasteiger partial charge is 0.234 e. The van der Waals surface area contributed by atoms with E-state index in [9.17, 15) is 13.2 Å². The van der Waals surface area contributed by atoms with Crippen molar-refractivity contribution < 1.29 is 13.2 Å². The first-order valence-corrected chi connectivity index (χ1v) is 9.07. The first-order chi connectivity index (χ1) is 8.94. The van der Waals surface area contributed by atoms with E-state index in [0.29, 0.717) is 17.1 Å². The highest BCUT2D eigenvalue weighted by atomic mass is 35.5. The zero-order valence-corrected chi connectivity index (χ0v) is 12.5. The molecule has 0 unspecified atom stereocenters. The van der Waals surface area contributed by atoms with Crippen molar-refractivity contribution in [2.24, 2.45) is 0 Å². The summed E-state index contributed by atoms with van der Waals surface area (Å²) < 4.78 is 22.6. The molecular formula is C12H14ClNO3S2. The highest BCUT2D eigenvalue weighted by Gasteiger charge is 2.28. The normalized spacial score (nSPS) is 21.2. The van der Waals surface area contributed by atoms with E-state index in [0.717, 1.165) is 0 Å². The van der Waals surface area contributed by atoms with E-state index < -0.39 is 9.84 Å². The molecule has 0 saturated carbocycles. The van der Waals surface area contributed by atoms with Crippen LogP contribution in [0.3, 0.4) is 0 Å². The topological polar surface area (TPSA) is 63.2 Å². The zero-order valence-electron chi connectivity index (χ0n) is 10.1. The highest BCUT2D eigenvalue weighted by molar-refractivity contribution is 8.02. The van der Waals surface area contributed by atoms with Gasteiger partial charge in [0.2, 0.25) is 5.91 Å². The number of thioether (sulfide) groups is 1. The molecule has 0 radical (unpaired) electrons. The van der Waals surface area contributed by atoms with E-state index in [1.165, 1.54) is 11.8 Å². The van der Waals surface area contributed by atoms with Gasteiger partial charge in [-0.2, -0.15) is 0 Å². The van der Waals surface area contributed by atoms with Crippen LogP contribution in [0.1, 0.15) is 6.42 Å². The molecule has 0 aromatic heterocycles. The van der Waals surface area contributed by atoms with Crippen molar-refractivity contribution >= 4 is 44.8 Å². The molecule has 1 amide bonds. The number of carbonyl (C=O) groups excluding carboxylic acids is 1. The molecule has 1 aliphatic heterocycles. The Bertz CT molecular complexity index is 574. The summed E-state index contributed by atoms with van der Waals surface area (Å²) in [6.07, 6.45) is 0.636. The number of hydrogen-bond donors (Lipinski definition) is 1. The molecule has 1 aliphatic rings. The van der Waals surface area contributed by atoms with Crippen molar-refractivity contribution in [1.29, 1.82) is 0 Å². The molecule has 0 aliphatic carbocycles. The van der Waals surface area contributed by atoms with Crippen LogP contribution in [0.2, 0.25) is 5.02 Å². The highest BCUT2D eigenvalue weighted by Crippen LogP contribution is 2.24. The average Bonchev–Trinajstić information content (AvgIpc) is 2.66. The maximum absolute atomic E-state index is 11.7. The van der Waals surface area contributed by atoms with Gasteiger partial charge in [0, 0.05) is 16.0 Å². The van der Waals surface area contributed by atoms with Gasteiger partial charge in [-0.3, -0.25) is 4.79 Å². The molecule has 4 nitrogen and oxygen atoms in total. The number of benzene rings is 1. The fourth-order valence-electron chi connectivity index (χ4n) is 1.85. The first kappa shape index (κ1) is 14.7. The molecule has 1 N–H and O–H groups in total. The van der Waals surface area contributed by atoms with Gasteiger partial charge in [-0.25, -0.2) is 8.42 Å². The molecule has 7 heteroatoms. The molecule has 1 heterocycles. The van der Waals surface area contributed by atoms with Crippen LogP contribution in [0, 0.1) is 0 Å². The van der Waals surface area contributed by atoms with E-state index in [1.807, 2.05) is 0 Å². The second-order valence-corrected chi connectivity index (χ2v) is 8.35. The molecule has 104 valence electrons. The maximum Gasteiger partial charge on any atom is 0.234 e. The van der Waals surface area contributed by atoms with Crippen molar-refractivity contribution in [3.05, 3.63) is 29.3 Å². The second-order valence-electron chi connectivity index (χ2n) is 4.39. The van der Waals surface area contributed by atoms with E-state index in [-0.39, 0.29) is 28.4 Å². The number of hydrogen-bond acceptors (Lipinski definition) is 4. The Hall–Kier alpha value is -0.720. The van der Waals surface area contributed by atoms with Crippen molar-refractivity contribution in [1.82, 2.24) is 0 Å². The number of halogens is 1. The molecule has 0 spiro atoms. The van der Waals surface area contributed by atoms with Gasteiger partial charge in [-0.1, -0.05) is 17.7 Å². The second kappa shape index (κ2) is 6.15. The summed E-state index contributed by atoms with van der Waals surface area (Å²) in [6.45, 7) is 0. The van der Waals surface area contributed by atoms with Crippen LogP contribution in [-0.4, -0.2) is 36.8 Å². The first-order valence-electron chi connectivity index (χ1n) is 5.82. The largest absolute Gasteiger partial charge is 0.325 e. The van der Waals surface area contributed by atoms with Gasteiger partial charge in [0.05, 0.1) is 17.3 Å². The number of anilines is 1. The molecule has 1 aromatic carbocycles. The van der Waals surface area contributed by atoms with Gasteiger partial charge in [0.15, 0.2) is 9.84 Å². The monoisotopic (exact) mass is 319 g/mol. The van der Waals surface area contributed by atoms with Crippen molar-refractivity contribution in [2.45, 2.75) is 11.7 Å². The van der Waals surface area contributed by atoms with Gasteiger partial charge in [0.1, 0.15) is 0 Å². The summed E-state index contributed by atoms with van der Waals surface area (Å²) in [5.74, 6) is 0.534. The molecule has 2 rings (SSSR count). The fraction of sp³-hybridized carbons (Fsp3) is 0.417. The third-order valence-electron chi connectivity index (χ3n) is 2.75. The Kier molecular flexibility index (Phi) is 4.76. The van der Waals surface area contributed by atoms with Gasteiger partial charge in [-0.15, -0.1) is 11.8 Å². The van der Waals surface area contributed by atoms with E-state index >= 15 is 0 Å². The van der Waals surface area contributed by atoms with Crippen molar-refractivity contribution in [3.8, 4) is 0 Å². The fourth-order valence-corrected chi connectivity index (χ4v) is 5.48. The van der Waals surface area contributed by atoms with Crippen molar-refractivity contribution in [3.63, 3.8) is 0 Å². The van der Waals surface area contributed by atoms with Crippen LogP contribution < -0.4 is 5.32 Å². The molecule has 0 bridgehead atoms. The third-order valence-corrected chi connectivity index (χ3v) is 6.27. The number of nitrogens with one attached hydrogen (secondary N) is 1. The number of rotatable bonds is 4. The summed E-state index contributed by atoms with van der Waals surface area (Å²) >= 11 is 7.21. The Morgan fingerprint density at radius 2 is 2.26 bits per heavy atom. The lowest BCUT2D eigenvalue weighted by atomic mass is 10.3. The van der Waals surface area contributed by atoms with E-state index in [2.05, 4.69) is 5.32 Å². The molecule has 1 aromatic rings. The molecule has 19 heavy (non-hydrogen) atoms. The Labute approximate surface area is 121 Å². The Morgan fingerprint density at radius 1 is 1.47 bits per heavy atom. The SMILES string of the molecule is O=C(CS[C@@H]1CCS(=O)(=O)C1)Nc1cccc(Cl)c1. The quantitative estimate of drug-likeness (QED) is 0.924. The zero-order chi connectivity index (χ0) is 13.9. The number of carbonyl (C=O) groups is 1. The van der Waals surface area contributed by atoms with E-state index in [4.69, 9.17) is 11.6 Å². The average molecular weight is 320 g/mol. The Balaban J connectivity index is 1.79. The van der Waals surface area contributed by atoms with Crippen molar-refractivity contribution in [2.75, 3.05) is 22.6 Å². The number of amides is 1. The lowest BCUT2D eigenvalue weighted by molar-refractivity contribution is -0.113. The van der Waals surface area contributed by atoms with Crippen LogP contribution in [0.25, 0.3) is 0 Å². The molecule has 1 fully saturated rings. The van der Waals surface area contributed by atoms with Gasteiger partial charge < -0.3 is 5.32 Å². The number of sulfone groups is 1. The summed E-state index contributed by atoms with van der Waals surface area (Å²) in [6, 6.07) is 6.92. The Morgan fingerprint density at radius 3 is 2.89 bits per heavy atom. The van der Waals surface area contributed by atoms with Gasteiger partial charge in [-0.05, 0) is 24.6 Å². The minimum Gasteiger partial charge on any atom is -0.325 e. The third kappa shape index (κ3) is 4.71. The lowest BCUT2D eigenvalue weighted by Crippen LogP contribution is -2.17. The van der Waals surface area contributed by atoms with Crippen LogP contribution in [-0.2, 0) is 14.6 Å². The minimum atomic E-state index is -2.88. The van der Waals surface area contributed by atoms with Crippen LogP contribution >= 0.6 is 23.4 Å². The summed E-state index contributed by atoms with van der Waals surface area (Å²) in [5.41, 5.74) is 0.650. The summed E-state index contributed by atoms with van der Waals surface area (Å²) in [5, 5.41) is 3.33. The standard InChI is InChI=1S/C12H14ClNO3S2/c13-9-2-1-3-10(6-9)14-12(15)7-18-11-4-5-19(16,17)8-11/h1-3,6,11H,4-5,7-8H2,(H,14,15)/t11-/m1/s1. The van der Waals surface area contributed by atoms with Gasteiger partial charge >= 0.3 is 0 Å². The predicted octanol–water partition coefficient (Wildman–Crippen LogP) is 2.20. The van der Waals surface area contributed by atoms with Crippen LogP contribution in [0.15, 0.2) is 24.3 Å². The molecular weight excluding hydrogens is 306 g/mol. The molecule has 1 saturated heterocycles.